The Morgan fingerprint density at radius 3 is 2.35 bits per heavy atom. The van der Waals surface area contributed by atoms with Gasteiger partial charge in [0.05, 0.1) is 19.7 Å². The van der Waals surface area contributed by atoms with Gasteiger partial charge in [0.2, 0.25) is 0 Å². The third-order valence-corrected chi connectivity index (χ3v) is 4.08. The molecule has 1 fully saturated rings. The fourth-order valence-corrected chi connectivity index (χ4v) is 2.98. The molecule has 0 bridgehead atoms. The quantitative estimate of drug-likeness (QED) is 0.823. The first-order chi connectivity index (χ1) is 12.1. The molecule has 1 aliphatic rings. The van der Waals surface area contributed by atoms with Gasteiger partial charge in [-0.1, -0.05) is 12.1 Å². The molecule has 26 heavy (non-hydrogen) atoms. The molecule has 1 aromatic carbocycles. The van der Waals surface area contributed by atoms with Gasteiger partial charge in [0, 0.05) is 6.92 Å². The number of esters is 1. The summed E-state index contributed by atoms with van der Waals surface area (Å²) in [5.41, 5.74) is 0.266. The van der Waals surface area contributed by atoms with E-state index < -0.39 is 35.9 Å². The standard InChI is InChI=1S/C19H27NO6/c1-12(21)25-17-15(10-13-6-8-14(24-5)9-7-13)20(11-16(17)22)18(23)26-19(2,3)4/h6-9,15-17,22H,10-11H2,1-5H3/t15-,16+,17+/m0/s1. The van der Waals surface area contributed by atoms with Gasteiger partial charge in [-0.25, -0.2) is 4.79 Å². The number of carbonyl (C=O) groups is 2. The van der Waals surface area contributed by atoms with Gasteiger partial charge in [0.1, 0.15) is 23.6 Å². The number of benzene rings is 1. The average molecular weight is 365 g/mol. The zero-order valence-electron chi connectivity index (χ0n) is 15.9. The first kappa shape index (κ1) is 20.0. The summed E-state index contributed by atoms with van der Waals surface area (Å²) in [5.74, 6) is 0.223. The number of aliphatic hydroxyl groups excluding tert-OH is 1. The topological polar surface area (TPSA) is 85.3 Å². The Morgan fingerprint density at radius 1 is 1.23 bits per heavy atom. The maximum Gasteiger partial charge on any atom is 0.410 e. The van der Waals surface area contributed by atoms with E-state index in [0.29, 0.717) is 6.42 Å². The molecule has 7 nitrogen and oxygen atoms in total. The van der Waals surface area contributed by atoms with Gasteiger partial charge in [-0.3, -0.25) is 9.69 Å². The smallest absolute Gasteiger partial charge is 0.410 e. The summed E-state index contributed by atoms with van der Waals surface area (Å²) < 4.78 is 15.9. The van der Waals surface area contributed by atoms with Gasteiger partial charge in [-0.05, 0) is 44.9 Å². The van der Waals surface area contributed by atoms with E-state index in [1.54, 1.807) is 27.9 Å². The molecule has 0 spiro atoms. The molecule has 7 heteroatoms. The number of likely N-dealkylation sites (tertiary alicyclic amines) is 1. The highest BCUT2D eigenvalue weighted by Crippen LogP contribution is 2.27. The van der Waals surface area contributed by atoms with Crippen LogP contribution in [0, 0.1) is 0 Å². The lowest BCUT2D eigenvalue weighted by Crippen LogP contribution is -2.45. The summed E-state index contributed by atoms with van der Waals surface area (Å²) in [5, 5.41) is 10.3. The van der Waals surface area contributed by atoms with Crippen molar-refractivity contribution in [1.82, 2.24) is 4.90 Å². The molecule has 1 aromatic rings. The number of amides is 1. The number of rotatable bonds is 4. The van der Waals surface area contributed by atoms with E-state index in [0.717, 1.165) is 11.3 Å². The lowest BCUT2D eigenvalue weighted by Gasteiger charge is -2.30. The van der Waals surface area contributed by atoms with Crippen molar-refractivity contribution in [1.29, 1.82) is 0 Å². The number of hydrogen-bond acceptors (Lipinski definition) is 6. The number of β-amino-alcohol motifs (C(OH)–C–C–N with tert-alkyl or cyclic N) is 1. The van der Waals surface area contributed by atoms with Crippen LogP contribution in [-0.4, -0.2) is 59.6 Å². The highest BCUT2D eigenvalue weighted by Gasteiger charge is 2.46. The first-order valence-corrected chi connectivity index (χ1v) is 8.58. The summed E-state index contributed by atoms with van der Waals surface area (Å²) in [6.07, 6.45) is -1.89. The van der Waals surface area contributed by atoms with Crippen molar-refractivity contribution in [2.45, 2.75) is 58.0 Å². The number of methoxy groups -OCH3 is 1. The second kappa shape index (κ2) is 7.95. The van der Waals surface area contributed by atoms with Crippen LogP contribution in [0.25, 0.3) is 0 Å². The van der Waals surface area contributed by atoms with Gasteiger partial charge >= 0.3 is 12.1 Å². The SMILES string of the molecule is COc1ccc(C[C@H]2[C@@H](OC(C)=O)[C@H](O)CN2C(=O)OC(C)(C)C)cc1. The highest BCUT2D eigenvalue weighted by molar-refractivity contribution is 5.70. The first-order valence-electron chi connectivity index (χ1n) is 8.58. The molecule has 144 valence electrons. The fraction of sp³-hybridized carbons (Fsp3) is 0.579. The Bertz CT molecular complexity index is 636. The Hall–Kier alpha value is -2.28. The van der Waals surface area contributed by atoms with Crippen LogP contribution >= 0.6 is 0 Å². The van der Waals surface area contributed by atoms with E-state index >= 15 is 0 Å². The lowest BCUT2D eigenvalue weighted by molar-refractivity contribution is -0.151. The van der Waals surface area contributed by atoms with Crippen molar-refractivity contribution in [2.24, 2.45) is 0 Å². The molecule has 0 aromatic heterocycles. The van der Waals surface area contributed by atoms with Crippen molar-refractivity contribution in [3.8, 4) is 5.75 Å². The molecule has 1 saturated heterocycles. The van der Waals surface area contributed by atoms with E-state index in [1.807, 2.05) is 24.3 Å². The predicted octanol–water partition coefficient (Wildman–Crippen LogP) is 2.15. The Balaban J connectivity index is 2.24. The molecular formula is C19H27NO6. The monoisotopic (exact) mass is 365 g/mol. The Labute approximate surface area is 153 Å². The number of ether oxygens (including phenoxy) is 3. The molecule has 2 rings (SSSR count). The van der Waals surface area contributed by atoms with Crippen LogP contribution in [-0.2, 0) is 20.7 Å². The maximum absolute atomic E-state index is 12.6. The molecule has 0 aliphatic carbocycles. The predicted molar refractivity (Wildman–Crippen MR) is 95.0 cm³/mol. The van der Waals surface area contributed by atoms with Gasteiger partial charge < -0.3 is 19.3 Å². The summed E-state index contributed by atoms with van der Waals surface area (Å²) in [4.78, 5) is 25.5. The number of aliphatic hydroxyl groups is 1. The van der Waals surface area contributed by atoms with Crippen molar-refractivity contribution in [3.05, 3.63) is 29.8 Å². The molecule has 0 radical (unpaired) electrons. The van der Waals surface area contributed by atoms with Crippen molar-refractivity contribution >= 4 is 12.1 Å². The summed E-state index contributed by atoms with van der Waals surface area (Å²) in [6.45, 7) is 6.67. The van der Waals surface area contributed by atoms with E-state index in [1.165, 1.54) is 11.8 Å². The van der Waals surface area contributed by atoms with Gasteiger partial charge in [0.25, 0.3) is 0 Å². The van der Waals surface area contributed by atoms with Crippen LogP contribution < -0.4 is 4.74 Å². The molecule has 1 aliphatic heterocycles. The fourth-order valence-electron chi connectivity index (χ4n) is 2.98. The molecule has 3 atom stereocenters. The summed E-state index contributed by atoms with van der Waals surface area (Å²) in [6, 6.07) is 6.87. The lowest BCUT2D eigenvalue weighted by atomic mass is 10.0. The third-order valence-electron chi connectivity index (χ3n) is 4.08. The van der Waals surface area contributed by atoms with E-state index in [2.05, 4.69) is 0 Å². The van der Waals surface area contributed by atoms with Crippen LogP contribution in [0.1, 0.15) is 33.3 Å². The number of nitrogens with zero attached hydrogens (tertiary/aromatic N) is 1. The maximum atomic E-state index is 12.6. The Kier molecular flexibility index (Phi) is 6.13. The van der Waals surface area contributed by atoms with E-state index in [4.69, 9.17) is 14.2 Å². The molecule has 0 unspecified atom stereocenters. The van der Waals surface area contributed by atoms with Crippen LogP contribution in [0.2, 0.25) is 0 Å². The van der Waals surface area contributed by atoms with Gasteiger partial charge in [0.15, 0.2) is 0 Å². The van der Waals surface area contributed by atoms with E-state index in [9.17, 15) is 14.7 Å². The Morgan fingerprint density at radius 2 is 1.85 bits per heavy atom. The van der Waals surface area contributed by atoms with E-state index in [-0.39, 0.29) is 6.54 Å². The van der Waals surface area contributed by atoms with Gasteiger partial charge in [-0.2, -0.15) is 0 Å². The molecular weight excluding hydrogens is 338 g/mol. The average Bonchev–Trinajstić information content (AvgIpc) is 2.83. The van der Waals surface area contributed by atoms with Crippen LogP contribution in [0.4, 0.5) is 4.79 Å². The van der Waals surface area contributed by atoms with Crippen molar-refractivity contribution in [3.63, 3.8) is 0 Å². The van der Waals surface area contributed by atoms with Crippen molar-refractivity contribution < 1.29 is 28.9 Å². The van der Waals surface area contributed by atoms with Crippen LogP contribution in [0.5, 0.6) is 5.75 Å². The third kappa shape index (κ3) is 5.11. The normalized spacial score (nSPS) is 22.8. The largest absolute Gasteiger partial charge is 0.497 e. The summed E-state index contributed by atoms with van der Waals surface area (Å²) in [7, 11) is 1.59. The van der Waals surface area contributed by atoms with Crippen LogP contribution in [0.3, 0.4) is 0 Å². The van der Waals surface area contributed by atoms with Crippen LogP contribution in [0.15, 0.2) is 24.3 Å². The minimum atomic E-state index is -0.963. The zero-order valence-corrected chi connectivity index (χ0v) is 15.9. The van der Waals surface area contributed by atoms with Crippen molar-refractivity contribution in [2.75, 3.05) is 13.7 Å². The number of carbonyl (C=O) groups excluding carboxylic acids is 2. The summed E-state index contributed by atoms with van der Waals surface area (Å²) >= 11 is 0. The molecule has 1 amide bonds. The highest BCUT2D eigenvalue weighted by atomic mass is 16.6. The van der Waals surface area contributed by atoms with Gasteiger partial charge in [-0.15, -0.1) is 0 Å². The minimum Gasteiger partial charge on any atom is -0.497 e. The zero-order chi connectivity index (χ0) is 19.5. The minimum absolute atomic E-state index is 0.0493. The molecule has 0 saturated carbocycles. The number of hydrogen-bond donors (Lipinski definition) is 1. The second-order valence-electron chi connectivity index (χ2n) is 7.39. The second-order valence-corrected chi connectivity index (χ2v) is 7.39. The molecule has 1 N–H and O–H groups in total. The molecule has 1 heterocycles.